The van der Waals surface area contributed by atoms with Crippen molar-refractivity contribution in [3.05, 3.63) is 90.4 Å². The molecule has 0 aliphatic rings. The Kier molecular flexibility index (Phi) is 4.83. The number of aromatic nitrogens is 2. The molecule has 2 aromatic heterocycles. The molecule has 134 valence electrons. The molecule has 4 aromatic rings. The number of pyridine rings is 1. The molecular formula is C22H20N4O. The Morgan fingerprint density at radius 1 is 0.926 bits per heavy atom. The number of fused-ring (bicyclic) bond motifs is 1. The van der Waals surface area contributed by atoms with E-state index in [2.05, 4.69) is 45.0 Å². The first kappa shape index (κ1) is 16.8. The molecule has 27 heavy (non-hydrogen) atoms. The highest BCUT2D eigenvalue weighted by Gasteiger charge is 2.07. The van der Waals surface area contributed by atoms with Crippen LogP contribution in [0.1, 0.15) is 16.1 Å². The molecule has 1 amide bonds. The van der Waals surface area contributed by atoms with Crippen molar-refractivity contribution in [2.45, 2.75) is 6.42 Å². The number of hydrogen-bond donors (Lipinski definition) is 3. The van der Waals surface area contributed by atoms with Crippen molar-refractivity contribution >= 4 is 28.2 Å². The number of H-pyrrole nitrogens is 1. The molecule has 2 heterocycles. The van der Waals surface area contributed by atoms with Gasteiger partial charge in [-0.15, -0.1) is 0 Å². The summed E-state index contributed by atoms with van der Waals surface area (Å²) in [5, 5.41) is 7.44. The Hall–Kier alpha value is -3.60. The summed E-state index contributed by atoms with van der Waals surface area (Å²) in [5.74, 6) is -0.216. The van der Waals surface area contributed by atoms with E-state index in [-0.39, 0.29) is 5.91 Å². The number of rotatable bonds is 6. The van der Waals surface area contributed by atoms with Crippen molar-refractivity contribution in [2.75, 3.05) is 17.2 Å². The Balaban J connectivity index is 1.33. The van der Waals surface area contributed by atoms with Gasteiger partial charge in [0.2, 0.25) is 0 Å². The molecule has 0 fully saturated rings. The third kappa shape index (κ3) is 3.98. The minimum absolute atomic E-state index is 0.216. The largest absolute Gasteiger partial charge is 0.383 e. The normalized spacial score (nSPS) is 10.7. The van der Waals surface area contributed by atoms with Gasteiger partial charge < -0.3 is 15.6 Å². The van der Waals surface area contributed by atoms with E-state index in [9.17, 15) is 4.79 Å². The summed E-state index contributed by atoms with van der Waals surface area (Å²) >= 11 is 0. The van der Waals surface area contributed by atoms with Crippen molar-refractivity contribution in [3.63, 3.8) is 0 Å². The summed E-state index contributed by atoms with van der Waals surface area (Å²) in [6, 6.07) is 21.3. The van der Waals surface area contributed by atoms with Crippen LogP contribution in [0.4, 0.5) is 11.4 Å². The molecule has 5 heteroatoms. The zero-order valence-electron chi connectivity index (χ0n) is 14.8. The Bertz CT molecular complexity index is 1040. The maximum atomic E-state index is 12.2. The first-order valence-corrected chi connectivity index (χ1v) is 8.91. The van der Waals surface area contributed by atoms with Crippen LogP contribution >= 0.6 is 0 Å². The van der Waals surface area contributed by atoms with Crippen LogP contribution in [0.15, 0.2) is 79.1 Å². The number of anilines is 2. The quantitative estimate of drug-likeness (QED) is 0.477. The number of benzene rings is 2. The van der Waals surface area contributed by atoms with Crippen molar-refractivity contribution in [1.29, 1.82) is 0 Å². The summed E-state index contributed by atoms with van der Waals surface area (Å²) in [7, 11) is 0. The van der Waals surface area contributed by atoms with Gasteiger partial charge in [0.1, 0.15) is 5.69 Å². The van der Waals surface area contributed by atoms with Crippen molar-refractivity contribution in [3.8, 4) is 0 Å². The summed E-state index contributed by atoms with van der Waals surface area (Å²) < 4.78 is 0. The van der Waals surface area contributed by atoms with Crippen LogP contribution in [0.3, 0.4) is 0 Å². The number of carbonyl (C=O) groups is 1. The summed E-state index contributed by atoms with van der Waals surface area (Å²) in [6.07, 6.45) is 4.65. The zero-order valence-corrected chi connectivity index (χ0v) is 14.8. The number of nitrogens with zero attached hydrogens (tertiary/aromatic N) is 1. The molecule has 0 aliphatic carbocycles. The molecule has 0 saturated carbocycles. The molecule has 0 atom stereocenters. The lowest BCUT2D eigenvalue weighted by atomic mass is 10.1. The SMILES string of the molecule is O=C(Nc1ccccc1)c1ccc(NCCc2c[nH]c3ccccc23)cn1. The van der Waals surface area contributed by atoms with Gasteiger partial charge >= 0.3 is 0 Å². The second-order valence-corrected chi connectivity index (χ2v) is 6.29. The molecule has 3 N–H and O–H groups in total. The van der Waals surface area contributed by atoms with E-state index >= 15 is 0 Å². The average molecular weight is 356 g/mol. The molecule has 4 rings (SSSR count). The van der Waals surface area contributed by atoms with Crippen molar-refractivity contribution < 1.29 is 4.79 Å². The van der Waals surface area contributed by atoms with Crippen molar-refractivity contribution in [1.82, 2.24) is 9.97 Å². The smallest absolute Gasteiger partial charge is 0.274 e. The second kappa shape index (κ2) is 7.74. The highest BCUT2D eigenvalue weighted by Crippen LogP contribution is 2.18. The lowest BCUT2D eigenvalue weighted by molar-refractivity contribution is 0.102. The molecule has 0 bridgehead atoms. The highest BCUT2D eigenvalue weighted by atomic mass is 16.1. The molecule has 0 aliphatic heterocycles. The van der Waals surface area contributed by atoms with Gasteiger partial charge in [-0.3, -0.25) is 4.79 Å². The number of nitrogens with one attached hydrogen (secondary N) is 3. The van der Waals surface area contributed by atoms with Crippen molar-refractivity contribution in [2.24, 2.45) is 0 Å². The number of para-hydroxylation sites is 2. The topological polar surface area (TPSA) is 69.8 Å². The number of hydrogen-bond acceptors (Lipinski definition) is 3. The second-order valence-electron chi connectivity index (χ2n) is 6.29. The molecule has 2 aromatic carbocycles. The van der Waals surface area contributed by atoms with Crippen LogP contribution in [-0.4, -0.2) is 22.4 Å². The van der Waals surface area contributed by atoms with Crippen LogP contribution in [0.2, 0.25) is 0 Å². The summed E-state index contributed by atoms with van der Waals surface area (Å²) in [6.45, 7) is 0.791. The summed E-state index contributed by atoms with van der Waals surface area (Å²) in [5.41, 5.74) is 4.48. The van der Waals surface area contributed by atoms with Gasteiger partial charge in [-0.05, 0) is 42.3 Å². The highest BCUT2D eigenvalue weighted by molar-refractivity contribution is 6.02. The standard InChI is InChI=1S/C22H20N4O/c27-22(26-17-6-2-1-3-7-17)21-11-10-18(15-25-21)23-13-12-16-14-24-20-9-5-4-8-19(16)20/h1-11,14-15,23-24H,12-13H2,(H,26,27). The van der Waals surface area contributed by atoms with Gasteiger partial charge in [0.25, 0.3) is 5.91 Å². The van der Waals surface area contributed by atoms with Crippen LogP contribution in [0, 0.1) is 0 Å². The fourth-order valence-electron chi connectivity index (χ4n) is 3.03. The zero-order chi connectivity index (χ0) is 18.5. The molecule has 5 nitrogen and oxygen atoms in total. The third-order valence-corrected chi connectivity index (χ3v) is 4.43. The molecule has 0 unspecified atom stereocenters. The lowest BCUT2D eigenvalue weighted by Gasteiger charge is -2.07. The lowest BCUT2D eigenvalue weighted by Crippen LogP contribution is -2.13. The Morgan fingerprint density at radius 3 is 2.56 bits per heavy atom. The Morgan fingerprint density at radius 2 is 1.74 bits per heavy atom. The van der Waals surface area contributed by atoms with E-state index < -0.39 is 0 Å². The van der Waals surface area contributed by atoms with Crippen LogP contribution in [-0.2, 0) is 6.42 Å². The predicted octanol–water partition coefficient (Wildman–Crippen LogP) is 4.47. The third-order valence-electron chi connectivity index (χ3n) is 4.43. The van der Waals surface area contributed by atoms with E-state index in [0.717, 1.165) is 29.9 Å². The van der Waals surface area contributed by atoms with E-state index in [4.69, 9.17) is 0 Å². The average Bonchev–Trinajstić information content (AvgIpc) is 3.12. The predicted molar refractivity (Wildman–Crippen MR) is 109 cm³/mol. The van der Waals surface area contributed by atoms with Crippen LogP contribution < -0.4 is 10.6 Å². The number of carbonyl (C=O) groups excluding carboxylic acids is 1. The Labute approximate surface area is 157 Å². The fourth-order valence-corrected chi connectivity index (χ4v) is 3.03. The van der Waals surface area contributed by atoms with Crippen LogP contribution in [0.5, 0.6) is 0 Å². The molecular weight excluding hydrogens is 336 g/mol. The van der Waals surface area contributed by atoms with E-state index in [1.807, 2.05) is 42.5 Å². The molecule has 0 radical (unpaired) electrons. The van der Waals surface area contributed by atoms with Crippen LogP contribution in [0.25, 0.3) is 10.9 Å². The van der Waals surface area contributed by atoms with Gasteiger partial charge in [0.15, 0.2) is 0 Å². The van der Waals surface area contributed by atoms with E-state index in [1.165, 1.54) is 10.9 Å². The minimum Gasteiger partial charge on any atom is -0.383 e. The van der Waals surface area contributed by atoms with E-state index in [1.54, 1.807) is 12.3 Å². The van der Waals surface area contributed by atoms with Gasteiger partial charge in [-0.1, -0.05) is 36.4 Å². The summed E-state index contributed by atoms with van der Waals surface area (Å²) in [4.78, 5) is 19.8. The first-order chi connectivity index (χ1) is 13.3. The number of aromatic amines is 1. The molecule has 0 spiro atoms. The van der Waals surface area contributed by atoms with Gasteiger partial charge in [0, 0.05) is 29.3 Å². The van der Waals surface area contributed by atoms with Gasteiger partial charge in [-0.25, -0.2) is 4.98 Å². The minimum atomic E-state index is -0.216. The van der Waals surface area contributed by atoms with Gasteiger partial charge in [0.05, 0.1) is 11.9 Å². The molecule has 0 saturated heterocycles. The maximum Gasteiger partial charge on any atom is 0.274 e. The monoisotopic (exact) mass is 356 g/mol. The maximum absolute atomic E-state index is 12.2. The van der Waals surface area contributed by atoms with E-state index in [0.29, 0.717) is 5.69 Å². The fraction of sp³-hybridized carbons (Fsp3) is 0.0909. The first-order valence-electron chi connectivity index (χ1n) is 8.91. The van der Waals surface area contributed by atoms with Gasteiger partial charge in [-0.2, -0.15) is 0 Å². The number of amides is 1.